The first-order valence-electron chi connectivity index (χ1n) is 11.0. The van der Waals surface area contributed by atoms with Crippen LogP contribution in [-0.2, 0) is 11.4 Å². The summed E-state index contributed by atoms with van der Waals surface area (Å²) in [5.41, 5.74) is 2.77. The summed E-state index contributed by atoms with van der Waals surface area (Å²) in [4.78, 5) is 12.5. The summed E-state index contributed by atoms with van der Waals surface area (Å²) in [6, 6.07) is 24.9. The van der Waals surface area contributed by atoms with Gasteiger partial charge in [0.15, 0.2) is 11.0 Å². The average molecular weight is 475 g/mol. The molecule has 0 spiro atoms. The number of rotatable bonds is 10. The van der Waals surface area contributed by atoms with Crippen molar-refractivity contribution in [3.05, 3.63) is 90.3 Å². The van der Waals surface area contributed by atoms with E-state index in [1.165, 1.54) is 11.8 Å². The van der Waals surface area contributed by atoms with Crippen LogP contribution in [0, 0.1) is 6.92 Å². The quantitative estimate of drug-likeness (QED) is 0.315. The summed E-state index contributed by atoms with van der Waals surface area (Å²) in [5, 5.41) is 12.2. The zero-order valence-corrected chi connectivity index (χ0v) is 19.9. The first-order valence-corrected chi connectivity index (χ1v) is 12.0. The van der Waals surface area contributed by atoms with Crippen molar-refractivity contribution in [3.8, 4) is 17.2 Å². The van der Waals surface area contributed by atoms with Gasteiger partial charge < -0.3 is 14.8 Å². The Hall–Kier alpha value is -3.78. The fraction of sp³-hybridized carbons (Fsp3) is 0.192. The third kappa shape index (κ3) is 6.17. The molecule has 0 aliphatic carbocycles. The Bertz CT molecular complexity index is 1210. The summed E-state index contributed by atoms with van der Waals surface area (Å²) in [6.07, 6.45) is 0. The predicted octanol–water partition coefficient (Wildman–Crippen LogP) is 5.28. The molecule has 0 saturated heterocycles. The second-order valence-electron chi connectivity index (χ2n) is 7.47. The molecule has 0 bridgehead atoms. The smallest absolute Gasteiger partial charge is 0.234 e. The summed E-state index contributed by atoms with van der Waals surface area (Å²) >= 11 is 1.32. The van der Waals surface area contributed by atoms with Gasteiger partial charge in [0.05, 0.1) is 12.4 Å². The number of carbonyl (C=O) groups excluding carboxylic acids is 1. The lowest BCUT2D eigenvalue weighted by molar-refractivity contribution is -0.113. The van der Waals surface area contributed by atoms with E-state index in [9.17, 15) is 4.79 Å². The number of nitrogens with zero attached hydrogens (tertiary/aromatic N) is 3. The Morgan fingerprint density at radius 3 is 2.32 bits per heavy atom. The van der Waals surface area contributed by atoms with Gasteiger partial charge in [-0.05, 0) is 62.4 Å². The lowest BCUT2D eigenvalue weighted by atomic mass is 10.2. The number of carbonyl (C=O) groups is 1. The van der Waals surface area contributed by atoms with Crippen LogP contribution in [0.2, 0.25) is 0 Å². The molecule has 1 aromatic heterocycles. The van der Waals surface area contributed by atoms with Crippen molar-refractivity contribution in [1.82, 2.24) is 14.8 Å². The molecule has 8 heteroatoms. The number of nitrogens with one attached hydrogen (secondary N) is 1. The van der Waals surface area contributed by atoms with Gasteiger partial charge in [-0.1, -0.05) is 47.7 Å². The summed E-state index contributed by atoms with van der Waals surface area (Å²) in [7, 11) is 0. The third-order valence-corrected chi connectivity index (χ3v) is 5.81. The van der Waals surface area contributed by atoms with Gasteiger partial charge in [-0.2, -0.15) is 0 Å². The second-order valence-corrected chi connectivity index (χ2v) is 8.41. The Morgan fingerprint density at radius 1 is 0.912 bits per heavy atom. The minimum absolute atomic E-state index is 0.114. The molecule has 0 aliphatic heterocycles. The molecule has 4 aromatic rings. The van der Waals surface area contributed by atoms with E-state index in [-0.39, 0.29) is 18.3 Å². The van der Waals surface area contributed by atoms with Crippen LogP contribution in [0.3, 0.4) is 0 Å². The highest BCUT2D eigenvalue weighted by molar-refractivity contribution is 7.99. The summed E-state index contributed by atoms with van der Waals surface area (Å²) in [6.45, 7) is 4.79. The van der Waals surface area contributed by atoms with E-state index < -0.39 is 0 Å². The molecule has 7 nitrogen and oxygen atoms in total. The van der Waals surface area contributed by atoms with Crippen molar-refractivity contribution < 1.29 is 14.3 Å². The van der Waals surface area contributed by atoms with E-state index in [0.29, 0.717) is 17.6 Å². The third-order valence-electron chi connectivity index (χ3n) is 4.89. The Morgan fingerprint density at radius 2 is 1.62 bits per heavy atom. The number of para-hydroxylation sites is 1. The molecule has 0 unspecified atom stereocenters. The van der Waals surface area contributed by atoms with Crippen molar-refractivity contribution in [1.29, 1.82) is 0 Å². The van der Waals surface area contributed by atoms with E-state index >= 15 is 0 Å². The van der Waals surface area contributed by atoms with Crippen LogP contribution in [-0.4, -0.2) is 33.0 Å². The van der Waals surface area contributed by atoms with Gasteiger partial charge in [0, 0.05) is 11.4 Å². The van der Waals surface area contributed by atoms with Crippen molar-refractivity contribution >= 4 is 23.4 Å². The number of hydrogen-bond donors (Lipinski definition) is 1. The molecular formula is C26H26N4O3S. The number of aryl methyl sites for hydroxylation is 1. The van der Waals surface area contributed by atoms with Gasteiger partial charge in [0.25, 0.3) is 0 Å². The molecule has 34 heavy (non-hydrogen) atoms. The fourth-order valence-electron chi connectivity index (χ4n) is 3.23. The minimum Gasteiger partial charge on any atom is -0.494 e. The lowest BCUT2D eigenvalue weighted by Gasteiger charge is -2.12. The first kappa shape index (κ1) is 23.4. The van der Waals surface area contributed by atoms with Gasteiger partial charge in [-0.25, -0.2) is 0 Å². The number of benzene rings is 3. The molecule has 0 aliphatic rings. The Balaban J connectivity index is 1.51. The van der Waals surface area contributed by atoms with Crippen LogP contribution in [0.15, 0.2) is 84.0 Å². The zero-order valence-electron chi connectivity index (χ0n) is 19.1. The lowest BCUT2D eigenvalue weighted by Crippen LogP contribution is -2.14. The van der Waals surface area contributed by atoms with E-state index in [1.807, 2.05) is 97.3 Å². The van der Waals surface area contributed by atoms with Crippen LogP contribution in [0.1, 0.15) is 18.3 Å². The molecule has 174 valence electrons. The maximum Gasteiger partial charge on any atom is 0.234 e. The van der Waals surface area contributed by atoms with Crippen molar-refractivity contribution in [2.75, 3.05) is 17.7 Å². The maximum atomic E-state index is 12.5. The van der Waals surface area contributed by atoms with Crippen molar-refractivity contribution in [2.24, 2.45) is 0 Å². The molecule has 1 heterocycles. The van der Waals surface area contributed by atoms with Gasteiger partial charge in [0.1, 0.15) is 18.1 Å². The van der Waals surface area contributed by atoms with E-state index in [1.54, 1.807) is 0 Å². The molecule has 4 rings (SSSR count). The number of anilines is 1. The van der Waals surface area contributed by atoms with Gasteiger partial charge in [-0.3, -0.25) is 9.36 Å². The summed E-state index contributed by atoms with van der Waals surface area (Å²) in [5.74, 6) is 2.25. The number of ether oxygens (including phenoxy) is 2. The monoisotopic (exact) mass is 474 g/mol. The topological polar surface area (TPSA) is 78.3 Å². The van der Waals surface area contributed by atoms with Crippen LogP contribution in [0.25, 0.3) is 5.69 Å². The maximum absolute atomic E-state index is 12.5. The highest BCUT2D eigenvalue weighted by atomic mass is 32.2. The Labute approximate surface area is 203 Å². The summed E-state index contributed by atoms with van der Waals surface area (Å²) < 4.78 is 13.4. The molecule has 1 amide bonds. The fourth-order valence-corrected chi connectivity index (χ4v) is 4.00. The SMILES string of the molecule is CCOc1ccc(-n2c(COc3ccccc3)nnc2SCC(=O)Nc2ccc(C)cc2)cc1. The standard InChI is InChI=1S/C26H26N4O3S/c1-3-32-23-15-13-21(14-16-23)30-24(17-33-22-7-5-4-6-8-22)28-29-26(30)34-18-25(31)27-20-11-9-19(2)10-12-20/h4-16H,3,17-18H2,1-2H3,(H,27,31). The Kier molecular flexibility index (Phi) is 7.83. The van der Waals surface area contributed by atoms with Gasteiger partial charge >= 0.3 is 0 Å². The number of thioether (sulfide) groups is 1. The van der Waals surface area contributed by atoms with Crippen LogP contribution < -0.4 is 14.8 Å². The molecule has 0 saturated carbocycles. The second kappa shape index (κ2) is 11.4. The molecule has 0 fully saturated rings. The minimum atomic E-state index is -0.114. The largest absolute Gasteiger partial charge is 0.494 e. The number of hydrogen-bond acceptors (Lipinski definition) is 6. The van der Waals surface area contributed by atoms with Crippen LogP contribution in [0.5, 0.6) is 11.5 Å². The van der Waals surface area contributed by atoms with Crippen molar-refractivity contribution in [2.45, 2.75) is 25.6 Å². The van der Waals surface area contributed by atoms with E-state index in [4.69, 9.17) is 9.47 Å². The molecule has 0 atom stereocenters. The number of amides is 1. The predicted molar refractivity (Wildman–Crippen MR) is 134 cm³/mol. The average Bonchev–Trinajstić information content (AvgIpc) is 3.27. The molecular weight excluding hydrogens is 448 g/mol. The van der Waals surface area contributed by atoms with Crippen LogP contribution in [0.4, 0.5) is 5.69 Å². The van der Waals surface area contributed by atoms with E-state index in [2.05, 4.69) is 15.5 Å². The van der Waals surface area contributed by atoms with Gasteiger partial charge in [0.2, 0.25) is 5.91 Å². The normalized spacial score (nSPS) is 10.6. The highest BCUT2D eigenvalue weighted by Crippen LogP contribution is 2.25. The first-order chi connectivity index (χ1) is 16.6. The van der Waals surface area contributed by atoms with Crippen molar-refractivity contribution in [3.63, 3.8) is 0 Å². The molecule has 0 radical (unpaired) electrons. The molecule has 3 aromatic carbocycles. The van der Waals surface area contributed by atoms with E-state index in [0.717, 1.165) is 28.4 Å². The zero-order chi connectivity index (χ0) is 23.8. The highest BCUT2D eigenvalue weighted by Gasteiger charge is 2.17. The van der Waals surface area contributed by atoms with Crippen LogP contribution >= 0.6 is 11.8 Å². The molecule has 1 N–H and O–H groups in total. The number of aromatic nitrogens is 3. The van der Waals surface area contributed by atoms with Gasteiger partial charge in [-0.15, -0.1) is 10.2 Å².